The van der Waals surface area contributed by atoms with Crippen LogP contribution in [0.2, 0.25) is 0 Å². The standard InChI is InChI=1S/C14H21NS/c16-12-4-3-9-15-10-7-13-5-1-2-6-14(13)8-11-15/h1-2,5-6,16H,3-4,7-12H2. The smallest absolute Gasteiger partial charge is 0.00221 e. The predicted molar refractivity (Wildman–Crippen MR) is 73.4 cm³/mol. The van der Waals surface area contributed by atoms with E-state index in [-0.39, 0.29) is 0 Å². The van der Waals surface area contributed by atoms with Crippen LogP contribution in [0.5, 0.6) is 0 Å². The molecule has 0 amide bonds. The molecular formula is C14H21NS. The highest BCUT2D eigenvalue weighted by Gasteiger charge is 2.12. The highest BCUT2D eigenvalue weighted by atomic mass is 32.1. The minimum Gasteiger partial charge on any atom is -0.303 e. The van der Waals surface area contributed by atoms with Crippen LogP contribution >= 0.6 is 12.6 Å². The van der Waals surface area contributed by atoms with Gasteiger partial charge in [-0.05, 0) is 49.1 Å². The lowest BCUT2D eigenvalue weighted by molar-refractivity contribution is 0.283. The number of rotatable bonds is 4. The molecule has 0 aromatic heterocycles. The first-order valence-electron chi connectivity index (χ1n) is 6.30. The second kappa shape index (κ2) is 6.31. The van der Waals surface area contributed by atoms with Gasteiger partial charge in [0.2, 0.25) is 0 Å². The molecule has 1 aromatic carbocycles. The van der Waals surface area contributed by atoms with Gasteiger partial charge in [-0.15, -0.1) is 0 Å². The summed E-state index contributed by atoms with van der Waals surface area (Å²) in [4.78, 5) is 2.60. The fourth-order valence-corrected chi connectivity index (χ4v) is 2.61. The van der Waals surface area contributed by atoms with Crippen molar-refractivity contribution in [2.24, 2.45) is 0 Å². The van der Waals surface area contributed by atoms with E-state index in [2.05, 4.69) is 41.8 Å². The van der Waals surface area contributed by atoms with E-state index in [4.69, 9.17) is 0 Å². The Kier molecular flexibility index (Phi) is 4.73. The van der Waals surface area contributed by atoms with Gasteiger partial charge in [0.05, 0.1) is 0 Å². The summed E-state index contributed by atoms with van der Waals surface area (Å²) in [5.41, 5.74) is 3.11. The molecule has 0 atom stereocenters. The molecule has 0 N–H and O–H groups in total. The molecule has 0 spiro atoms. The lowest BCUT2D eigenvalue weighted by atomic mass is 10.0. The summed E-state index contributed by atoms with van der Waals surface area (Å²) >= 11 is 4.26. The molecule has 2 heteroatoms. The van der Waals surface area contributed by atoms with E-state index >= 15 is 0 Å². The van der Waals surface area contributed by atoms with Crippen molar-refractivity contribution in [2.45, 2.75) is 25.7 Å². The van der Waals surface area contributed by atoms with Crippen LogP contribution in [0, 0.1) is 0 Å². The van der Waals surface area contributed by atoms with Crippen LogP contribution in [0.25, 0.3) is 0 Å². The van der Waals surface area contributed by atoms with Gasteiger partial charge in [-0.1, -0.05) is 24.3 Å². The van der Waals surface area contributed by atoms with Crippen molar-refractivity contribution in [3.8, 4) is 0 Å². The summed E-state index contributed by atoms with van der Waals surface area (Å²) in [6, 6.07) is 8.89. The minimum absolute atomic E-state index is 1.02. The van der Waals surface area contributed by atoms with Gasteiger partial charge >= 0.3 is 0 Å². The van der Waals surface area contributed by atoms with Crippen LogP contribution in [0.3, 0.4) is 0 Å². The molecule has 1 aliphatic heterocycles. The number of hydrogen-bond acceptors (Lipinski definition) is 2. The van der Waals surface area contributed by atoms with Crippen molar-refractivity contribution >= 4 is 12.6 Å². The molecule has 1 aliphatic rings. The lowest BCUT2D eigenvalue weighted by Gasteiger charge is -2.19. The zero-order chi connectivity index (χ0) is 11.2. The van der Waals surface area contributed by atoms with Gasteiger partial charge in [-0.2, -0.15) is 12.6 Å². The van der Waals surface area contributed by atoms with Gasteiger partial charge < -0.3 is 4.90 Å². The van der Waals surface area contributed by atoms with Crippen molar-refractivity contribution < 1.29 is 0 Å². The average molecular weight is 235 g/mol. The van der Waals surface area contributed by atoms with Gasteiger partial charge in [0.25, 0.3) is 0 Å². The molecule has 0 saturated carbocycles. The fourth-order valence-electron chi connectivity index (χ4n) is 2.39. The van der Waals surface area contributed by atoms with E-state index in [0.717, 1.165) is 5.75 Å². The van der Waals surface area contributed by atoms with Gasteiger partial charge in [-0.25, -0.2) is 0 Å². The van der Waals surface area contributed by atoms with E-state index in [1.807, 2.05) is 0 Å². The summed E-state index contributed by atoms with van der Waals surface area (Å²) in [5, 5.41) is 0. The summed E-state index contributed by atoms with van der Waals surface area (Å²) < 4.78 is 0. The average Bonchev–Trinajstić information content (AvgIpc) is 2.53. The van der Waals surface area contributed by atoms with Crippen LogP contribution in [0.1, 0.15) is 24.0 Å². The number of unbranched alkanes of at least 4 members (excludes halogenated alkanes) is 1. The summed E-state index contributed by atoms with van der Waals surface area (Å²) in [6.45, 7) is 3.70. The number of hydrogen-bond donors (Lipinski definition) is 1. The van der Waals surface area contributed by atoms with E-state index in [9.17, 15) is 0 Å². The third-order valence-corrected chi connectivity index (χ3v) is 3.71. The normalized spacial score (nSPS) is 16.8. The van der Waals surface area contributed by atoms with Crippen LogP contribution in [-0.2, 0) is 12.8 Å². The largest absolute Gasteiger partial charge is 0.303 e. The van der Waals surface area contributed by atoms with Gasteiger partial charge in [0.15, 0.2) is 0 Å². The van der Waals surface area contributed by atoms with Gasteiger partial charge in [-0.3, -0.25) is 0 Å². The molecule has 88 valence electrons. The maximum Gasteiger partial charge on any atom is 0.00221 e. The topological polar surface area (TPSA) is 3.24 Å². The molecule has 1 nitrogen and oxygen atoms in total. The molecule has 2 rings (SSSR count). The molecule has 16 heavy (non-hydrogen) atoms. The monoisotopic (exact) mass is 235 g/mol. The molecule has 0 bridgehead atoms. The second-order valence-electron chi connectivity index (χ2n) is 4.54. The molecular weight excluding hydrogens is 214 g/mol. The minimum atomic E-state index is 1.02. The Morgan fingerprint density at radius 1 is 1.00 bits per heavy atom. The van der Waals surface area contributed by atoms with Gasteiger partial charge in [0.1, 0.15) is 0 Å². The first kappa shape index (κ1) is 12.0. The van der Waals surface area contributed by atoms with E-state index in [1.165, 1.54) is 45.3 Å². The number of nitrogens with zero attached hydrogens (tertiary/aromatic N) is 1. The Bertz CT molecular complexity index is 297. The van der Waals surface area contributed by atoms with Crippen LogP contribution in [-0.4, -0.2) is 30.3 Å². The lowest BCUT2D eigenvalue weighted by Crippen LogP contribution is -2.27. The zero-order valence-electron chi connectivity index (χ0n) is 9.86. The van der Waals surface area contributed by atoms with Crippen molar-refractivity contribution in [1.82, 2.24) is 4.90 Å². The maximum absolute atomic E-state index is 4.26. The quantitative estimate of drug-likeness (QED) is 0.620. The number of thiol groups is 1. The van der Waals surface area contributed by atoms with Crippen molar-refractivity contribution in [1.29, 1.82) is 0 Å². The number of fused-ring (bicyclic) bond motifs is 1. The van der Waals surface area contributed by atoms with Crippen molar-refractivity contribution in [2.75, 3.05) is 25.4 Å². The summed E-state index contributed by atoms with van der Waals surface area (Å²) in [7, 11) is 0. The van der Waals surface area contributed by atoms with Crippen molar-refractivity contribution in [3.63, 3.8) is 0 Å². The Balaban J connectivity index is 1.87. The highest BCUT2D eigenvalue weighted by Crippen LogP contribution is 2.15. The second-order valence-corrected chi connectivity index (χ2v) is 4.99. The molecule has 0 radical (unpaired) electrons. The first-order valence-corrected chi connectivity index (χ1v) is 6.93. The molecule has 1 aromatic rings. The first-order chi connectivity index (χ1) is 7.90. The van der Waals surface area contributed by atoms with E-state index < -0.39 is 0 Å². The molecule has 1 heterocycles. The SMILES string of the molecule is SCCCCN1CCc2ccccc2CC1. The Hall–Kier alpha value is -0.470. The Labute approximate surface area is 104 Å². The fraction of sp³-hybridized carbons (Fsp3) is 0.571. The molecule has 0 saturated heterocycles. The maximum atomic E-state index is 4.26. The van der Waals surface area contributed by atoms with Crippen LogP contribution < -0.4 is 0 Å². The van der Waals surface area contributed by atoms with Crippen molar-refractivity contribution in [3.05, 3.63) is 35.4 Å². The molecule has 0 aliphatic carbocycles. The Morgan fingerprint density at radius 3 is 2.19 bits per heavy atom. The van der Waals surface area contributed by atoms with Crippen LogP contribution in [0.4, 0.5) is 0 Å². The third kappa shape index (κ3) is 3.26. The predicted octanol–water partition coefficient (Wildman–Crippen LogP) is 2.80. The summed E-state index contributed by atoms with van der Waals surface area (Å²) in [6.07, 6.45) is 4.97. The van der Waals surface area contributed by atoms with E-state index in [0.29, 0.717) is 0 Å². The zero-order valence-corrected chi connectivity index (χ0v) is 10.8. The van der Waals surface area contributed by atoms with E-state index in [1.54, 1.807) is 11.1 Å². The van der Waals surface area contributed by atoms with Gasteiger partial charge in [0, 0.05) is 13.1 Å². The third-order valence-electron chi connectivity index (χ3n) is 3.40. The summed E-state index contributed by atoms with van der Waals surface area (Å²) in [5.74, 6) is 1.02. The number of benzene rings is 1. The molecule has 0 fully saturated rings. The highest BCUT2D eigenvalue weighted by molar-refractivity contribution is 7.80. The van der Waals surface area contributed by atoms with Crippen LogP contribution in [0.15, 0.2) is 24.3 Å². The Morgan fingerprint density at radius 2 is 1.62 bits per heavy atom. The molecule has 0 unspecified atom stereocenters.